The largest absolute Gasteiger partial charge is 0.465 e. The third-order valence-electron chi connectivity index (χ3n) is 1.68. The number of hydrogen-bond acceptors (Lipinski definition) is 1. The number of anilines is 1. The highest BCUT2D eigenvalue weighted by atomic mass is 19.1. The molecule has 2 N–H and O–H groups in total. The molecule has 0 aliphatic rings. The Morgan fingerprint density at radius 2 is 2.31 bits per heavy atom. The Hall–Kier alpha value is -1.58. The molecule has 0 heterocycles. The molecule has 13 heavy (non-hydrogen) atoms. The van der Waals surface area contributed by atoms with Crippen LogP contribution in [-0.2, 0) is 6.42 Å². The Morgan fingerprint density at radius 1 is 1.62 bits per heavy atom. The summed E-state index contributed by atoms with van der Waals surface area (Å²) in [6, 6.07) is 4.37. The summed E-state index contributed by atoms with van der Waals surface area (Å²) in [7, 11) is 0. The van der Waals surface area contributed by atoms with E-state index in [1.807, 2.05) is 12.2 Å². The van der Waals surface area contributed by atoms with E-state index in [1.54, 1.807) is 6.07 Å². The van der Waals surface area contributed by atoms with Gasteiger partial charge in [0, 0.05) is 0 Å². The molecule has 1 rings (SSSR count). The molecule has 1 amide bonds. The van der Waals surface area contributed by atoms with Crippen molar-refractivity contribution in [2.75, 3.05) is 5.32 Å². The van der Waals surface area contributed by atoms with Crippen molar-refractivity contribution in [2.45, 2.75) is 13.3 Å². The predicted molar refractivity (Wildman–Crippen MR) is 47.4 cm³/mol. The van der Waals surface area contributed by atoms with Gasteiger partial charge in [-0.15, -0.1) is 0 Å². The molecule has 0 atom stereocenters. The predicted octanol–water partition coefficient (Wildman–Crippen LogP) is 2.48. The zero-order valence-corrected chi connectivity index (χ0v) is 7.17. The van der Waals surface area contributed by atoms with Crippen LogP contribution in [0.4, 0.5) is 14.9 Å². The van der Waals surface area contributed by atoms with Gasteiger partial charge >= 0.3 is 6.09 Å². The maximum Gasteiger partial charge on any atom is 0.409 e. The summed E-state index contributed by atoms with van der Waals surface area (Å²) >= 11 is 0. The molecule has 0 fully saturated rings. The number of amides is 1. The molecule has 1 aromatic carbocycles. The first-order valence-electron chi connectivity index (χ1n) is 3.92. The SMILES string of the molecule is CCc1ccc(F)c(NC(=O)O)c1. The Bertz CT molecular complexity index is 325. The third kappa shape index (κ3) is 2.43. The zero-order chi connectivity index (χ0) is 9.84. The monoisotopic (exact) mass is 183 g/mol. The number of carboxylic acid groups (broad SMARTS) is 1. The number of rotatable bonds is 2. The van der Waals surface area contributed by atoms with Crippen molar-refractivity contribution in [3.05, 3.63) is 29.6 Å². The second kappa shape index (κ2) is 3.89. The minimum atomic E-state index is -1.26. The quantitative estimate of drug-likeness (QED) is 0.739. The molecule has 0 saturated heterocycles. The third-order valence-corrected chi connectivity index (χ3v) is 1.68. The van der Waals surface area contributed by atoms with Gasteiger partial charge in [-0.2, -0.15) is 0 Å². The molecule has 0 unspecified atom stereocenters. The molecule has 4 heteroatoms. The van der Waals surface area contributed by atoms with Gasteiger partial charge < -0.3 is 5.11 Å². The smallest absolute Gasteiger partial charge is 0.409 e. The molecule has 0 radical (unpaired) electrons. The van der Waals surface area contributed by atoms with Gasteiger partial charge in [-0.1, -0.05) is 13.0 Å². The lowest BCUT2D eigenvalue weighted by molar-refractivity contribution is 0.209. The Kier molecular flexibility index (Phi) is 2.84. The molecule has 3 nitrogen and oxygen atoms in total. The molecule has 0 bridgehead atoms. The summed E-state index contributed by atoms with van der Waals surface area (Å²) < 4.78 is 12.9. The van der Waals surface area contributed by atoms with E-state index in [-0.39, 0.29) is 5.69 Å². The maximum absolute atomic E-state index is 12.9. The van der Waals surface area contributed by atoms with Crippen LogP contribution in [0.1, 0.15) is 12.5 Å². The van der Waals surface area contributed by atoms with Gasteiger partial charge in [0.2, 0.25) is 0 Å². The number of nitrogens with one attached hydrogen (secondary N) is 1. The molecule has 0 aliphatic carbocycles. The molecule has 0 aromatic heterocycles. The van der Waals surface area contributed by atoms with Crippen LogP contribution in [0.15, 0.2) is 18.2 Å². The van der Waals surface area contributed by atoms with E-state index < -0.39 is 11.9 Å². The molecular weight excluding hydrogens is 173 g/mol. The first-order valence-corrected chi connectivity index (χ1v) is 3.92. The highest BCUT2D eigenvalue weighted by Gasteiger charge is 2.05. The van der Waals surface area contributed by atoms with Crippen LogP contribution in [0.5, 0.6) is 0 Å². The summed E-state index contributed by atoms with van der Waals surface area (Å²) in [5, 5.41) is 10.4. The number of aryl methyl sites for hydroxylation is 1. The van der Waals surface area contributed by atoms with Gasteiger partial charge in [0.05, 0.1) is 5.69 Å². The van der Waals surface area contributed by atoms with E-state index in [9.17, 15) is 9.18 Å². The topological polar surface area (TPSA) is 49.3 Å². The molecular formula is C9H10FNO2. The highest BCUT2D eigenvalue weighted by molar-refractivity contribution is 5.83. The number of carbonyl (C=O) groups is 1. The molecule has 0 spiro atoms. The average molecular weight is 183 g/mol. The van der Waals surface area contributed by atoms with Crippen molar-refractivity contribution >= 4 is 11.8 Å². The van der Waals surface area contributed by atoms with Crippen LogP contribution in [0, 0.1) is 5.82 Å². The van der Waals surface area contributed by atoms with Crippen molar-refractivity contribution in [2.24, 2.45) is 0 Å². The Morgan fingerprint density at radius 3 is 2.85 bits per heavy atom. The van der Waals surface area contributed by atoms with E-state index in [1.165, 1.54) is 12.1 Å². The Balaban J connectivity index is 2.96. The van der Waals surface area contributed by atoms with E-state index >= 15 is 0 Å². The summed E-state index contributed by atoms with van der Waals surface area (Å²) in [5.74, 6) is -0.556. The van der Waals surface area contributed by atoms with Gasteiger partial charge in [0.25, 0.3) is 0 Å². The minimum absolute atomic E-state index is 0.00634. The number of hydrogen-bond donors (Lipinski definition) is 2. The van der Waals surface area contributed by atoms with Gasteiger partial charge in [-0.3, -0.25) is 5.32 Å². The van der Waals surface area contributed by atoms with Crippen molar-refractivity contribution in [1.82, 2.24) is 0 Å². The van der Waals surface area contributed by atoms with Crippen LogP contribution in [0.25, 0.3) is 0 Å². The first kappa shape index (κ1) is 9.51. The molecule has 1 aromatic rings. The van der Waals surface area contributed by atoms with Crippen molar-refractivity contribution in [3.63, 3.8) is 0 Å². The van der Waals surface area contributed by atoms with Crippen molar-refractivity contribution in [3.8, 4) is 0 Å². The number of halogens is 1. The maximum atomic E-state index is 12.9. The second-order valence-electron chi connectivity index (χ2n) is 2.60. The zero-order valence-electron chi connectivity index (χ0n) is 7.17. The van der Waals surface area contributed by atoms with Crippen LogP contribution in [0.3, 0.4) is 0 Å². The first-order chi connectivity index (χ1) is 6.13. The van der Waals surface area contributed by atoms with Crippen molar-refractivity contribution < 1.29 is 14.3 Å². The fraction of sp³-hybridized carbons (Fsp3) is 0.222. The standard InChI is InChI=1S/C9H10FNO2/c1-2-6-3-4-7(10)8(5-6)11-9(12)13/h3-5,11H,2H2,1H3,(H,12,13). The fourth-order valence-electron chi connectivity index (χ4n) is 1.00. The van der Waals surface area contributed by atoms with Crippen LogP contribution in [-0.4, -0.2) is 11.2 Å². The second-order valence-corrected chi connectivity index (χ2v) is 2.60. The van der Waals surface area contributed by atoms with Crippen LogP contribution >= 0.6 is 0 Å². The summed E-state index contributed by atoms with van der Waals surface area (Å²) in [5.41, 5.74) is 0.900. The molecule has 0 aliphatic heterocycles. The van der Waals surface area contributed by atoms with Gasteiger partial charge in [0.15, 0.2) is 0 Å². The summed E-state index contributed by atoms with van der Waals surface area (Å²) in [4.78, 5) is 10.2. The average Bonchev–Trinajstić information content (AvgIpc) is 2.08. The normalized spacial score (nSPS) is 9.69. The van der Waals surface area contributed by atoms with Gasteiger partial charge in [-0.25, -0.2) is 9.18 Å². The number of benzene rings is 1. The van der Waals surface area contributed by atoms with E-state index in [4.69, 9.17) is 5.11 Å². The van der Waals surface area contributed by atoms with Crippen LogP contribution in [0.2, 0.25) is 0 Å². The lowest BCUT2D eigenvalue weighted by Gasteiger charge is -2.04. The lowest BCUT2D eigenvalue weighted by Crippen LogP contribution is -2.09. The van der Waals surface area contributed by atoms with E-state index in [2.05, 4.69) is 0 Å². The van der Waals surface area contributed by atoms with Gasteiger partial charge in [0.1, 0.15) is 5.82 Å². The van der Waals surface area contributed by atoms with Crippen LogP contribution < -0.4 is 5.32 Å². The minimum Gasteiger partial charge on any atom is -0.465 e. The fourth-order valence-corrected chi connectivity index (χ4v) is 1.00. The molecule has 0 saturated carbocycles. The summed E-state index contributed by atoms with van der Waals surface area (Å²) in [6.45, 7) is 1.91. The lowest BCUT2D eigenvalue weighted by atomic mass is 10.1. The van der Waals surface area contributed by atoms with Gasteiger partial charge in [-0.05, 0) is 24.1 Å². The highest BCUT2D eigenvalue weighted by Crippen LogP contribution is 2.16. The Labute approximate surface area is 75.2 Å². The van der Waals surface area contributed by atoms with E-state index in [0.29, 0.717) is 0 Å². The molecule has 70 valence electrons. The van der Waals surface area contributed by atoms with Crippen molar-refractivity contribution in [1.29, 1.82) is 0 Å². The van der Waals surface area contributed by atoms with E-state index in [0.717, 1.165) is 12.0 Å². The summed E-state index contributed by atoms with van der Waals surface area (Å²) in [6.07, 6.45) is -0.513.